The summed E-state index contributed by atoms with van der Waals surface area (Å²) in [5, 5.41) is 5.22. The zero-order valence-electron chi connectivity index (χ0n) is 15.3. The molecule has 0 aliphatic rings. The molecule has 0 saturated heterocycles. The first-order chi connectivity index (χ1) is 13.4. The summed E-state index contributed by atoms with van der Waals surface area (Å²) in [5.74, 6) is 0.544. The van der Waals surface area contributed by atoms with Gasteiger partial charge in [-0.2, -0.15) is 0 Å². The number of hydrogen-bond acceptors (Lipinski definition) is 6. The number of thiazole rings is 1. The van der Waals surface area contributed by atoms with Gasteiger partial charge in [0.25, 0.3) is 0 Å². The Labute approximate surface area is 167 Å². The van der Waals surface area contributed by atoms with E-state index >= 15 is 0 Å². The predicted octanol–water partition coefficient (Wildman–Crippen LogP) is 3.26. The number of nitrogens with zero attached hydrogens (tertiary/aromatic N) is 1. The standard InChI is InChI=1S/C19H19N3O4S2/c1-13(23)21-15-5-9-18(10-6-15)28(24,25)20-11-16-12-27-19(22-16)14-3-7-17(26-2)8-4-14/h3-10,12,20H,11H2,1-2H3,(H,21,23). The molecule has 1 heterocycles. The lowest BCUT2D eigenvalue weighted by atomic mass is 10.2. The maximum Gasteiger partial charge on any atom is 0.240 e. The summed E-state index contributed by atoms with van der Waals surface area (Å²) >= 11 is 1.44. The SMILES string of the molecule is COc1ccc(-c2nc(CNS(=O)(=O)c3ccc(NC(C)=O)cc3)cs2)cc1. The van der Waals surface area contributed by atoms with E-state index in [1.165, 1.54) is 30.4 Å². The Morgan fingerprint density at radius 2 is 1.79 bits per heavy atom. The summed E-state index contributed by atoms with van der Waals surface area (Å²) in [6.45, 7) is 1.47. The second-order valence-corrected chi connectivity index (χ2v) is 8.53. The lowest BCUT2D eigenvalue weighted by molar-refractivity contribution is -0.114. The predicted molar refractivity (Wildman–Crippen MR) is 109 cm³/mol. The van der Waals surface area contributed by atoms with E-state index in [0.717, 1.165) is 16.3 Å². The van der Waals surface area contributed by atoms with Gasteiger partial charge in [-0.25, -0.2) is 18.1 Å². The third-order valence-corrected chi connectivity index (χ3v) is 6.17. The van der Waals surface area contributed by atoms with Crippen molar-refractivity contribution in [3.63, 3.8) is 0 Å². The van der Waals surface area contributed by atoms with Crippen molar-refractivity contribution < 1.29 is 17.9 Å². The van der Waals surface area contributed by atoms with E-state index in [-0.39, 0.29) is 17.3 Å². The number of ether oxygens (including phenoxy) is 1. The molecule has 0 spiro atoms. The largest absolute Gasteiger partial charge is 0.497 e. The van der Waals surface area contributed by atoms with Crippen LogP contribution in [0.15, 0.2) is 58.8 Å². The number of carbonyl (C=O) groups excluding carboxylic acids is 1. The van der Waals surface area contributed by atoms with Gasteiger partial charge in [-0.3, -0.25) is 4.79 Å². The number of methoxy groups -OCH3 is 1. The third kappa shape index (κ3) is 4.94. The van der Waals surface area contributed by atoms with Gasteiger partial charge in [-0.15, -0.1) is 11.3 Å². The van der Waals surface area contributed by atoms with Crippen molar-refractivity contribution in [2.24, 2.45) is 0 Å². The number of carbonyl (C=O) groups is 1. The molecule has 1 amide bonds. The van der Waals surface area contributed by atoms with Crippen LogP contribution in [0.5, 0.6) is 5.75 Å². The second-order valence-electron chi connectivity index (χ2n) is 5.90. The van der Waals surface area contributed by atoms with Gasteiger partial charge in [-0.05, 0) is 48.5 Å². The van der Waals surface area contributed by atoms with E-state index in [4.69, 9.17) is 4.74 Å². The molecule has 0 atom stereocenters. The molecule has 2 N–H and O–H groups in total. The van der Waals surface area contributed by atoms with Gasteiger partial charge in [-0.1, -0.05) is 0 Å². The van der Waals surface area contributed by atoms with Crippen LogP contribution in [0.2, 0.25) is 0 Å². The summed E-state index contributed by atoms with van der Waals surface area (Å²) in [4.78, 5) is 15.6. The van der Waals surface area contributed by atoms with Crippen LogP contribution in [0, 0.1) is 0 Å². The molecule has 146 valence electrons. The number of aromatic nitrogens is 1. The van der Waals surface area contributed by atoms with Gasteiger partial charge in [0, 0.05) is 23.6 Å². The average Bonchev–Trinajstić information content (AvgIpc) is 3.16. The molecule has 0 saturated carbocycles. The van der Waals surface area contributed by atoms with E-state index < -0.39 is 10.0 Å². The minimum Gasteiger partial charge on any atom is -0.497 e. The highest BCUT2D eigenvalue weighted by Crippen LogP contribution is 2.26. The average molecular weight is 418 g/mol. The fourth-order valence-electron chi connectivity index (χ4n) is 2.43. The van der Waals surface area contributed by atoms with E-state index in [1.54, 1.807) is 19.2 Å². The van der Waals surface area contributed by atoms with Crippen LogP contribution >= 0.6 is 11.3 Å². The fourth-order valence-corrected chi connectivity index (χ4v) is 4.25. The molecule has 3 aromatic rings. The van der Waals surface area contributed by atoms with Crippen LogP contribution in [0.25, 0.3) is 10.6 Å². The van der Waals surface area contributed by atoms with E-state index in [1.807, 2.05) is 29.6 Å². The van der Waals surface area contributed by atoms with Crippen LogP contribution in [-0.2, 0) is 21.4 Å². The van der Waals surface area contributed by atoms with Crippen LogP contribution in [0.1, 0.15) is 12.6 Å². The summed E-state index contributed by atoms with van der Waals surface area (Å²) in [6, 6.07) is 13.5. The molecule has 0 bridgehead atoms. The molecule has 2 aromatic carbocycles. The highest BCUT2D eigenvalue weighted by atomic mass is 32.2. The maximum absolute atomic E-state index is 12.4. The summed E-state index contributed by atoms with van der Waals surface area (Å²) in [5.41, 5.74) is 2.11. The van der Waals surface area contributed by atoms with Gasteiger partial charge in [0.1, 0.15) is 10.8 Å². The molecule has 0 aliphatic heterocycles. The first-order valence-electron chi connectivity index (χ1n) is 8.33. The Morgan fingerprint density at radius 3 is 2.39 bits per heavy atom. The first kappa shape index (κ1) is 20.0. The molecule has 28 heavy (non-hydrogen) atoms. The Hall–Kier alpha value is -2.75. The number of benzene rings is 2. The van der Waals surface area contributed by atoms with Crippen molar-refractivity contribution in [1.29, 1.82) is 0 Å². The molecule has 0 radical (unpaired) electrons. The molecule has 7 nitrogen and oxygen atoms in total. The Balaban J connectivity index is 1.66. The van der Waals surface area contributed by atoms with Gasteiger partial charge < -0.3 is 10.1 Å². The number of amides is 1. The first-order valence-corrected chi connectivity index (χ1v) is 10.7. The van der Waals surface area contributed by atoms with E-state index in [2.05, 4.69) is 15.0 Å². The smallest absolute Gasteiger partial charge is 0.240 e. The highest BCUT2D eigenvalue weighted by molar-refractivity contribution is 7.89. The summed E-state index contributed by atoms with van der Waals surface area (Å²) in [7, 11) is -2.08. The quantitative estimate of drug-likeness (QED) is 0.615. The maximum atomic E-state index is 12.4. The molecular formula is C19H19N3O4S2. The molecule has 0 unspecified atom stereocenters. The minimum atomic E-state index is -3.68. The lowest BCUT2D eigenvalue weighted by Crippen LogP contribution is -2.23. The second kappa shape index (κ2) is 8.51. The van der Waals surface area contributed by atoms with Crippen LogP contribution in [0.3, 0.4) is 0 Å². The number of sulfonamides is 1. The van der Waals surface area contributed by atoms with E-state index in [9.17, 15) is 13.2 Å². The van der Waals surface area contributed by atoms with Crippen molar-refractivity contribution in [2.75, 3.05) is 12.4 Å². The monoisotopic (exact) mass is 417 g/mol. The van der Waals surface area contributed by atoms with E-state index in [0.29, 0.717) is 11.4 Å². The van der Waals surface area contributed by atoms with Crippen LogP contribution in [0.4, 0.5) is 5.69 Å². The lowest BCUT2D eigenvalue weighted by Gasteiger charge is -2.07. The number of anilines is 1. The highest BCUT2D eigenvalue weighted by Gasteiger charge is 2.15. The molecule has 1 aromatic heterocycles. The zero-order valence-corrected chi connectivity index (χ0v) is 16.9. The fraction of sp³-hybridized carbons (Fsp3) is 0.158. The Kier molecular flexibility index (Phi) is 6.08. The van der Waals surface area contributed by atoms with Gasteiger partial charge in [0.15, 0.2) is 0 Å². The number of rotatable bonds is 7. The molecule has 3 rings (SSSR count). The Morgan fingerprint density at radius 1 is 1.11 bits per heavy atom. The molecule has 0 aliphatic carbocycles. The van der Waals surface area contributed by atoms with Crippen molar-refractivity contribution in [1.82, 2.24) is 9.71 Å². The van der Waals surface area contributed by atoms with Crippen molar-refractivity contribution in [3.8, 4) is 16.3 Å². The normalized spacial score (nSPS) is 11.2. The van der Waals surface area contributed by atoms with Crippen LogP contribution in [-0.4, -0.2) is 26.4 Å². The van der Waals surface area contributed by atoms with Crippen molar-refractivity contribution in [3.05, 3.63) is 59.6 Å². The number of nitrogens with one attached hydrogen (secondary N) is 2. The number of hydrogen-bond donors (Lipinski definition) is 2. The minimum absolute atomic E-state index is 0.0857. The van der Waals surface area contributed by atoms with Crippen molar-refractivity contribution in [2.45, 2.75) is 18.4 Å². The molecular weight excluding hydrogens is 398 g/mol. The Bertz CT molecular complexity index is 1060. The van der Waals surface area contributed by atoms with Gasteiger partial charge in [0.2, 0.25) is 15.9 Å². The topological polar surface area (TPSA) is 97.4 Å². The molecule has 0 fully saturated rings. The zero-order chi connectivity index (χ0) is 20.1. The summed E-state index contributed by atoms with van der Waals surface area (Å²) in [6.07, 6.45) is 0. The third-order valence-electron chi connectivity index (χ3n) is 3.82. The molecule has 9 heteroatoms. The van der Waals surface area contributed by atoms with Crippen LogP contribution < -0.4 is 14.8 Å². The van der Waals surface area contributed by atoms with Gasteiger partial charge >= 0.3 is 0 Å². The van der Waals surface area contributed by atoms with Crippen molar-refractivity contribution >= 4 is 33.0 Å². The summed E-state index contributed by atoms with van der Waals surface area (Å²) < 4.78 is 32.6. The van der Waals surface area contributed by atoms with Gasteiger partial charge in [0.05, 0.1) is 24.2 Å².